The number of aliphatic carboxylic acids is 1. The lowest BCUT2D eigenvalue weighted by molar-refractivity contribution is -0.150. The Morgan fingerprint density at radius 2 is 1.88 bits per heavy atom. The largest absolute Gasteiger partial charge is 0.484 e. The van der Waals surface area contributed by atoms with E-state index in [4.69, 9.17) is 9.47 Å². The van der Waals surface area contributed by atoms with Crippen LogP contribution in [0.15, 0.2) is 41.6 Å². The van der Waals surface area contributed by atoms with Crippen LogP contribution in [0.1, 0.15) is 40.0 Å². The molecule has 1 aliphatic rings. The van der Waals surface area contributed by atoms with Crippen molar-refractivity contribution in [3.63, 3.8) is 0 Å². The number of hydrogen-bond acceptors (Lipinski definition) is 7. The van der Waals surface area contributed by atoms with Crippen LogP contribution in [0.2, 0.25) is 0 Å². The molecule has 0 spiro atoms. The topological polar surface area (TPSA) is 122 Å². The van der Waals surface area contributed by atoms with Gasteiger partial charge in [-0.1, -0.05) is 31.5 Å². The van der Waals surface area contributed by atoms with Crippen LogP contribution in [-0.2, 0) is 23.9 Å². The van der Waals surface area contributed by atoms with Gasteiger partial charge in [0.2, 0.25) is 0 Å². The van der Waals surface area contributed by atoms with Gasteiger partial charge in [0.05, 0.1) is 13.0 Å². The third-order valence-corrected chi connectivity index (χ3v) is 6.01. The summed E-state index contributed by atoms with van der Waals surface area (Å²) in [5.41, 5.74) is 0.326. The van der Waals surface area contributed by atoms with Gasteiger partial charge in [-0.15, -0.1) is 11.8 Å². The second kappa shape index (κ2) is 12.9. The summed E-state index contributed by atoms with van der Waals surface area (Å²) >= 11 is 1.22. The lowest BCUT2D eigenvalue weighted by Crippen LogP contribution is -2.69. The summed E-state index contributed by atoms with van der Waals surface area (Å²) in [6.45, 7) is 5.26. The SMILES string of the molecule is CCCCOC(=O)CCSC1C(NC(=O)COc2ccccc2)C(=O)N1C(C(=O)O)=C(C)C. The summed E-state index contributed by atoms with van der Waals surface area (Å²) < 4.78 is 10.5. The van der Waals surface area contributed by atoms with Crippen molar-refractivity contribution in [2.45, 2.75) is 51.4 Å². The maximum absolute atomic E-state index is 12.8. The fraction of sp³-hybridized carbons (Fsp3) is 0.478. The highest BCUT2D eigenvalue weighted by atomic mass is 32.2. The normalized spacial score (nSPS) is 17.1. The molecule has 9 nitrogen and oxygen atoms in total. The highest BCUT2D eigenvalue weighted by molar-refractivity contribution is 8.00. The maximum atomic E-state index is 12.8. The van der Waals surface area contributed by atoms with E-state index in [9.17, 15) is 24.3 Å². The van der Waals surface area contributed by atoms with Crippen LogP contribution in [0.25, 0.3) is 0 Å². The van der Waals surface area contributed by atoms with E-state index >= 15 is 0 Å². The molecule has 1 aromatic rings. The Kier molecular flexibility index (Phi) is 10.2. The van der Waals surface area contributed by atoms with E-state index in [2.05, 4.69) is 5.32 Å². The first kappa shape index (κ1) is 26.2. The van der Waals surface area contributed by atoms with E-state index in [0.717, 1.165) is 17.7 Å². The molecule has 2 unspecified atom stereocenters. The molecule has 0 aromatic heterocycles. The number of hydrogen-bond donors (Lipinski definition) is 2. The molecular formula is C23H30N2O7S. The number of esters is 1. The molecule has 2 N–H and O–H groups in total. The molecule has 33 heavy (non-hydrogen) atoms. The molecule has 10 heteroatoms. The van der Waals surface area contributed by atoms with Crippen molar-refractivity contribution >= 4 is 35.5 Å². The summed E-state index contributed by atoms with van der Waals surface area (Å²) in [6, 6.07) is 7.84. The first-order valence-corrected chi connectivity index (χ1v) is 11.8. The summed E-state index contributed by atoms with van der Waals surface area (Å²) in [7, 11) is 0. The van der Waals surface area contributed by atoms with Crippen LogP contribution in [0.4, 0.5) is 0 Å². The van der Waals surface area contributed by atoms with Gasteiger partial charge in [0.25, 0.3) is 11.8 Å². The Balaban J connectivity index is 2.01. The number of benzene rings is 1. The Hall–Kier alpha value is -3.01. The molecular weight excluding hydrogens is 448 g/mol. The van der Waals surface area contributed by atoms with Gasteiger partial charge in [-0.2, -0.15) is 0 Å². The number of likely N-dealkylation sites (tertiary alicyclic amines) is 1. The molecule has 1 saturated heterocycles. The smallest absolute Gasteiger partial charge is 0.352 e. The molecule has 0 aliphatic carbocycles. The highest BCUT2D eigenvalue weighted by Gasteiger charge is 2.51. The predicted molar refractivity (Wildman–Crippen MR) is 123 cm³/mol. The average Bonchev–Trinajstić information content (AvgIpc) is 2.78. The summed E-state index contributed by atoms with van der Waals surface area (Å²) in [6.07, 6.45) is 1.81. The van der Waals surface area contributed by atoms with Crippen molar-refractivity contribution in [3.8, 4) is 5.75 Å². The van der Waals surface area contributed by atoms with Gasteiger partial charge in [-0.3, -0.25) is 19.3 Å². The summed E-state index contributed by atoms with van der Waals surface area (Å²) in [4.78, 5) is 49.9. The number of nitrogens with one attached hydrogen (secondary N) is 1. The minimum absolute atomic E-state index is 0.113. The van der Waals surface area contributed by atoms with Gasteiger partial charge in [-0.05, 0) is 38.0 Å². The number of carboxylic acid groups (broad SMARTS) is 1. The molecule has 0 saturated carbocycles. The second-order valence-electron chi connectivity index (χ2n) is 7.59. The Morgan fingerprint density at radius 1 is 1.18 bits per heavy atom. The molecule has 1 fully saturated rings. The molecule has 2 rings (SSSR count). The van der Waals surface area contributed by atoms with E-state index in [1.165, 1.54) is 11.8 Å². The third-order valence-electron chi connectivity index (χ3n) is 4.75. The maximum Gasteiger partial charge on any atom is 0.352 e. The van der Waals surface area contributed by atoms with Crippen molar-refractivity contribution < 1.29 is 33.8 Å². The number of β-lactam (4-membered cyclic amide) rings is 1. The van der Waals surface area contributed by atoms with Gasteiger partial charge in [-0.25, -0.2) is 4.79 Å². The first-order chi connectivity index (χ1) is 15.8. The zero-order chi connectivity index (χ0) is 24.4. The monoisotopic (exact) mass is 478 g/mol. The van der Waals surface area contributed by atoms with Crippen molar-refractivity contribution in [1.29, 1.82) is 0 Å². The van der Waals surface area contributed by atoms with Crippen LogP contribution < -0.4 is 10.1 Å². The lowest BCUT2D eigenvalue weighted by atomic mass is 10.0. The first-order valence-electron chi connectivity index (χ1n) is 10.7. The number of thioether (sulfide) groups is 1. The number of ether oxygens (including phenoxy) is 2. The molecule has 0 radical (unpaired) electrons. The number of amides is 2. The van der Waals surface area contributed by atoms with E-state index in [1.807, 2.05) is 13.0 Å². The van der Waals surface area contributed by atoms with Crippen LogP contribution >= 0.6 is 11.8 Å². The Bertz CT molecular complexity index is 884. The van der Waals surface area contributed by atoms with E-state index in [1.54, 1.807) is 38.1 Å². The summed E-state index contributed by atoms with van der Waals surface area (Å²) in [5.74, 6) is -1.79. The third kappa shape index (κ3) is 7.52. The standard InChI is InChI=1S/C23H30N2O7S/c1-4-5-12-31-18(27)11-13-33-22-19(21(28)25(22)20(15(2)3)23(29)30)24-17(26)14-32-16-9-7-6-8-10-16/h6-10,19,22H,4-5,11-14H2,1-3H3,(H,24,26)(H,29,30). The minimum atomic E-state index is -1.23. The molecule has 180 valence electrons. The van der Waals surface area contributed by atoms with Crippen LogP contribution in [0.5, 0.6) is 5.75 Å². The van der Waals surface area contributed by atoms with E-state index in [0.29, 0.717) is 23.7 Å². The fourth-order valence-electron chi connectivity index (χ4n) is 3.11. The van der Waals surface area contributed by atoms with Crippen LogP contribution in [0.3, 0.4) is 0 Å². The average molecular weight is 479 g/mol. The van der Waals surface area contributed by atoms with Gasteiger partial charge >= 0.3 is 11.9 Å². The Morgan fingerprint density at radius 3 is 2.48 bits per heavy atom. The lowest BCUT2D eigenvalue weighted by Gasteiger charge is -2.46. The molecule has 1 aromatic carbocycles. The number of carbonyl (C=O) groups excluding carboxylic acids is 3. The van der Waals surface area contributed by atoms with Crippen molar-refractivity contribution in [1.82, 2.24) is 10.2 Å². The number of unbranched alkanes of at least 4 members (excludes halogenated alkanes) is 1. The van der Waals surface area contributed by atoms with Crippen molar-refractivity contribution in [2.75, 3.05) is 19.0 Å². The number of allylic oxidation sites excluding steroid dienone is 1. The van der Waals surface area contributed by atoms with Crippen molar-refractivity contribution in [2.24, 2.45) is 0 Å². The van der Waals surface area contributed by atoms with Crippen LogP contribution in [0, 0.1) is 0 Å². The second-order valence-corrected chi connectivity index (χ2v) is 8.82. The predicted octanol–water partition coefficient (Wildman–Crippen LogP) is 2.56. The molecule has 2 atom stereocenters. The van der Waals surface area contributed by atoms with Gasteiger partial charge in [0.15, 0.2) is 6.61 Å². The number of carbonyl (C=O) groups is 4. The van der Waals surface area contributed by atoms with Gasteiger partial charge in [0.1, 0.15) is 22.9 Å². The van der Waals surface area contributed by atoms with Gasteiger partial charge in [0, 0.05) is 5.75 Å². The molecule has 0 bridgehead atoms. The van der Waals surface area contributed by atoms with E-state index < -0.39 is 29.2 Å². The van der Waals surface area contributed by atoms with Gasteiger partial charge < -0.3 is 19.9 Å². The molecule has 1 aliphatic heterocycles. The zero-order valence-corrected chi connectivity index (χ0v) is 19.9. The highest BCUT2D eigenvalue weighted by Crippen LogP contribution is 2.35. The Labute approximate surface area is 197 Å². The zero-order valence-electron chi connectivity index (χ0n) is 19.0. The van der Waals surface area contributed by atoms with Crippen molar-refractivity contribution in [3.05, 3.63) is 41.6 Å². The fourth-order valence-corrected chi connectivity index (χ4v) is 4.37. The minimum Gasteiger partial charge on any atom is -0.484 e. The quantitative estimate of drug-likeness (QED) is 0.192. The molecule has 1 heterocycles. The molecule has 2 amide bonds. The number of nitrogens with zero attached hydrogens (tertiary/aromatic N) is 1. The van der Waals surface area contributed by atoms with E-state index in [-0.39, 0.29) is 24.7 Å². The summed E-state index contributed by atoms with van der Waals surface area (Å²) in [5, 5.41) is 11.5. The van der Waals surface area contributed by atoms with Crippen LogP contribution in [-0.4, -0.2) is 64.1 Å². The number of carboxylic acids is 1. The number of rotatable bonds is 13. The number of para-hydroxylation sites is 1.